The summed E-state index contributed by atoms with van der Waals surface area (Å²) in [5, 5.41) is 5.11. The minimum Gasteiger partial charge on any atom is -0.495 e. The Labute approximate surface area is 216 Å². The molecule has 2 aromatic carbocycles. The van der Waals surface area contributed by atoms with Gasteiger partial charge in [0, 0.05) is 5.56 Å². The molecule has 200 valence electrons. The number of nitrogens with one attached hydrogen (secondary N) is 2. The van der Waals surface area contributed by atoms with E-state index in [1.165, 1.54) is 28.4 Å². The molecule has 0 saturated heterocycles. The summed E-state index contributed by atoms with van der Waals surface area (Å²) >= 11 is 0. The van der Waals surface area contributed by atoms with Crippen LogP contribution in [0.2, 0.25) is 0 Å². The highest BCUT2D eigenvalue weighted by molar-refractivity contribution is 6.11. The van der Waals surface area contributed by atoms with Gasteiger partial charge in [0.05, 0.1) is 34.1 Å². The number of Topliss-reactive ketones (excluding diaryl/α,β-unsaturated/α-hetero) is 1. The predicted octanol–water partition coefficient (Wildman–Crippen LogP) is 4.47. The van der Waals surface area contributed by atoms with Crippen LogP contribution in [0.1, 0.15) is 43.6 Å². The first kappa shape index (κ1) is 29.0. The Morgan fingerprint density at radius 2 is 1.46 bits per heavy atom. The summed E-state index contributed by atoms with van der Waals surface area (Å²) in [6.07, 6.45) is 0.978. The number of anilines is 1. The molecule has 0 aliphatic rings. The largest absolute Gasteiger partial charge is 0.495 e. The highest BCUT2D eigenvalue weighted by atomic mass is 16.6. The number of ketones is 1. The molecule has 2 aromatic rings. The van der Waals surface area contributed by atoms with E-state index in [0.717, 1.165) is 0 Å². The van der Waals surface area contributed by atoms with Gasteiger partial charge in [-0.3, -0.25) is 9.59 Å². The van der Waals surface area contributed by atoms with Gasteiger partial charge < -0.3 is 34.3 Å². The van der Waals surface area contributed by atoms with Gasteiger partial charge in [0.1, 0.15) is 17.9 Å². The van der Waals surface area contributed by atoms with Crippen LogP contribution in [0.15, 0.2) is 35.9 Å². The summed E-state index contributed by atoms with van der Waals surface area (Å²) in [6, 6.07) is 8.24. The van der Waals surface area contributed by atoms with Gasteiger partial charge in [-0.1, -0.05) is 6.07 Å². The van der Waals surface area contributed by atoms with Crippen molar-refractivity contribution < 1.29 is 38.1 Å². The van der Waals surface area contributed by atoms with Gasteiger partial charge in [0.2, 0.25) is 11.7 Å². The summed E-state index contributed by atoms with van der Waals surface area (Å²) in [4.78, 5) is 37.4. The fraction of sp³-hybridized carbons (Fsp3) is 0.370. The number of amides is 2. The molecule has 0 aliphatic carbocycles. The zero-order valence-electron chi connectivity index (χ0n) is 22.4. The molecular formula is C27H34N2O8. The Hall–Kier alpha value is -4.21. The molecule has 0 aromatic heterocycles. The second-order valence-corrected chi connectivity index (χ2v) is 8.93. The van der Waals surface area contributed by atoms with Gasteiger partial charge in [0.15, 0.2) is 17.3 Å². The Bertz CT molecular complexity index is 1160. The van der Waals surface area contributed by atoms with Crippen molar-refractivity contribution in [3.63, 3.8) is 0 Å². The van der Waals surface area contributed by atoms with Crippen LogP contribution in [-0.2, 0) is 9.53 Å². The number of ether oxygens (including phenoxy) is 5. The number of methoxy groups -OCH3 is 4. The van der Waals surface area contributed by atoms with Gasteiger partial charge in [-0.2, -0.15) is 0 Å². The average Bonchev–Trinajstić information content (AvgIpc) is 2.85. The average molecular weight is 515 g/mol. The predicted molar refractivity (Wildman–Crippen MR) is 140 cm³/mol. The maximum atomic E-state index is 13.2. The standard InChI is InChI=1S/C27H34N2O8/c1-16(24(31)18-13-21(34-6)25(36-8)22(14-18)35-7)11-17-9-10-20(33-5)19(12-17)29-23(30)15-28-26(32)37-27(2,3)4/h9-14H,15H2,1-8H3,(H,28,32)(H,29,30). The summed E-state index contributed by atoms with van der Waals surface area (Å²) in [5.74, 6) is 0.814. The van der Waals surface area contributed by atoms with Crippen molar-refractivity contribution in [1.29, 1.82) is 0 Å². The zero-order valence-corrected chi connectivity index (χ0v) is 22.4. The molecule has 2 rings (SSSR count). The number of carbonyl (C=O) groups is 3. The Morgan fingerprint density at radius 3 is 1.97 bits per heavy atom. The van der Waals surface area contributed by atoms with Gasteiger partial charge in [-0.05, 0) is 69.2 Å². The van der Waals surface area contributed by atoms with E-state index in [2.05, 4.69) is 10.6 Å². The number of carbonyl (C=O) groups excluding carboxylic acids is 3. The maximum Gasteiger partial charge on any atom is 0.408 e. The van der Waals surface area contributed by atoms with Crippen LogP contribution in [-0.4, -0.2) is 58.4 Å². The van der Waals surface area contributed by atoms with E-state index in [9.17, 15) is 14.4 Å². The van der Waals surface area contributed by atoms with E-state index in [-0.39, 0.29) is 12.3 Å². The third-order valence-electron chi connectivity index (χ3n) is 4.96. The van der Waals surface area contributed by atoms with Crippen molar-refractivity contribution in [2.45, 2.75) is 33.3 Å². The molecule has 0 radical (unpaired) electrons. The fourth-order valence-corrected chi connectivity index (χ4v) is 3.33. The van der Waals surface area contributed by atoms with Crippen molar-refractivity contribution in [1.82, 2.24) is 5.32 Å². The minimum atomic E-state index is -0.702. The smallest absolute Gasteiger partial charge is 0.408 e. The topological polar surface area (TPSA) is 121 Å². The summed E-state index contributed by atoms with van der Waals surface area (Å²) in [6.45, 7) is 6.57. The molecule has 2 N–H and O–H groups in total. The van der Waals surface area contributed by atoms with Gasteiger partial charge in [-0.15, -0.1) is 0 Å². The molecule has 0 aliphatic heterocycles. The SMILES string of the molecule is COc1ccc(C=C(C)C(=O)c2cc(OC)c(OC)c(OC)c2)cc1NC(=O)CNC(=O)OC(C)(C)C. The summed E-state index contributed by atoms with van der Waals surface area (Å²) in [7, 11) is 5.91. The third-order valence-corrected chi connectivity index (χ3v) is 4.96. The molecular weight excluding hydrogens is 480 g/mol. The van der Waals surface area contributed by atoms with E-state index >= 15 is 0 Å². The summed E-state index contributed by atoms with van der Waals surface area (Å²) in [5.41, 5.74) is 1.14. The summed E-state index contributed by atoms with van der Waals surface area (Å²) < 4.78 is 26.5. The van der Waals surface area contributed by atoms with E-state index in [4.69, 9.17) is 23.7 Å². The number of hydrogen-bond donors (Lipinski definition) is 2. The highest BCUT2D eigenvalue weighted by Crippen LogP contribution is 2.38. The number of alkyl carbamates (subject to hydrolysis) is 1. The number of rotatable bonds is 10. The number of hydrogen-bond acceptors (Lipinski definition) is 8. The Morgan fingerprint density at radius 1 is 0.865 bits per heavy atom. The van der Waals surface area contributed by atoms with E-state index < -0.39 is 17.6 Å². The minimum absolute atomic E-state index is 0.248. The first-order chi connectivity index (χ1) is 17.4. The van der Waals surface area contributed by atoms with Crippen molar-refractivity contribution in [2.75, 3.05) is 40.3 Å². The quantitative estimate of drug-likeness (QED) is 0.352. The third kappa shape index (κ3) is 8.16. The fourth-order valence-electron chi connectivity index (χ4n) is 3.33. The lowest BCUT2D eigenvalue weighted by Crippen LogP contribution is -2.37. The molecule has 0 unspecified atom stereocenters. The zero-order chi connectivity index (χ0) is 27.8. The second-order valence-electron chi connectivity index (χ2n) is 8.93. The molecule has 0 spiro atoms. The molecule has 0 atom stereocenters. The maximum absolute atomic E-state index is 13.2. The molecule has 0 fully saturated rings. The van der Waals surface area contributed by atoms with Crippen LogP contribution in [0.25, 0.3) is 6.08 Å². The molecule has 10 heteroatoms. The number of benzene rings is 2. The van der Waals surface area contributed by atoms with Crippen LogP contribution in [0.3, 0.4) is 0 Å². The van der Waals surface area contributed by atoms with E-state index in [1.54, 1.807) is 64.1 Å². The molecule has 37 heavy (non-hydrogen) atoms. The Kier molecular flexibility index (Phi) is 9.93. The molecule has 0 heterocycles. The Balaban J connectivity index is 2.24. The lowest BCUT2D eigenvalue weighted by atomic mass is 10.0. The number of allylic oxidation sites excluding steroid dienone is 1. The normalized spacial score (nSPS) is 11.3. The first-order valence-corrected chi connectivity index (χ1v) is 11.4. The van der Waals surface area contributed by atoms with Crippen molar-refractivity contribution in [3.05, 3.63) is 47.0 Å². The molecule has 10 nitrogen and oxygen atoms in total. The van der Waals surface area contributed by atoms with Crippen molar-refractivity contribution in [3.8, 4) is 23.0 Å². The van der Waals surface area contributed by atoms with Crippen LogP contribution < -0.4 is 29.6 Å². The van der Waals surface area contributed by atoms with Gasteiger partial charge in [0.25, 0.3) is 0 Å². The molecule has 0 bridgehead atoms. The second kappa shape index (κ2) is 12.7. The monoisotopic (exact) mass is 514 g/mol. The van der Waals surface area contributed by atoms with Crippen LogP contribution in [0.4, 0.5) is 10.5 Å². The lowest BCUT2D eigenvalue weighted by Gasteiger charge is -2.19. The van der Waals surface area contributed by atoms with Crippen LogP contribution in [0.5, 0.6) is 23.0 Å². The van der Waals surface area contributed by atoms with Gasteiger partial charge >= 0.3 is 6.09 Å². The highest BCUT2D eigenvalue weighted by Gasteiger charge is 2.19. The van der Waals surface area contributed by atoms with Gasteiger partial charge in [-0.25, -0.2) is 4.79 Å². The van der Waals surface area contributed by atoms with Crippen LogP contribution in [0, 0.1) is 0 Å². The molecule has 2 amide bonds. The van der Waals surface area contributed by atoms with Crippen LogP contribution >= 0.6 is 0 Å². The van der Waals surface area contributed by atoms with Crippen molar-refractivity contribution >= 4 is 29.5 Å². The molecule has 0 saturated carbocycles. The van der Waals surface area contributed by atoms with Crippen molar-refractivity contribution in [2.24, 2.45) is 0 Å². The van der Waals surface area contributed by atoms with E-state index in [1.807, 2.05) is 0 Å². The lowest BCUT2D eigenvalue weighted by molar-refractivity contribution is -0.115. The first-order valence-electron chi connectivity index (χ1n) is 11.4. The van der Waals surface area contributed by atoms with E-state index in [0.29, 0.717) is 45.4 Å².